The summed E-state index contributed by atoms with van der Waals surface area (Å²) < 4.78 is 23.4. The van der Waals surface area contributed by atoms with Gasteiger partial charge in [0.1, 0.15) is 0 Å². The molecule has 1 aliphatic carbocycles. The van der Waals surface area contributed by atoms with Crippen molar-refractivity contribution < 1.29 is 13.2 Å². The second-order valence-electron chi connectivity index (χ2n) is 6.68. The Morgan fingerprint density at radius 2 is 2.00 bits per heavy atom. The van der Waals surface area contributed by atoms with Gasteiger partial charge in [0.05, 0.1) is 11.5 Å². The monoisotopic (exact) mass is 336 g/mol. The van der Waals surface area contributed by atoms with Gasteiger partial charge in [-0.25, -0.2) is 13.2 Å². The molecule has 1 unspecified atom stereocenters. The molecule has 0 spiro atoms. The van der Waals surface area contributed by atoms with Crippen molar-refractivity contribution in [3.63, 3.8) is 0 Å². The van der Waals surface area contributed by atoms with Gasteiger partial charge in [0.2, 0.25) is 0 Å². The van der Waals surface area contributed by atoms with Crippen LogP contribution in [0.2, 0.25) is 0 Å². The zero-order valence-corrected chi connectivity index (χ0v) is 14.3. The number of carbonyl (C=O) groups excluding carboxylic acids is 1. The fraction of sp³-hybridized carbons (Fsp3) is 0.588. The summed E-state index contributed by atoms with van der Waals surface area (Å²) >= 11 is 0. The summed E-state index contributed by atoms with van der Waals surface area (Å²) in [4.78, 5) is 14.0. The fourth-order valence-electron chi connectivity index (χ4n) is 3.27. The van der Waals surface area contributed by atoms with Crippen LogP contribution in [0.5, 0.6) is 0 Å². The van der Waals surface area contributed by atoms with Gasteiger partial charge < -0.3 is 10.2 Å². The first-order valence-corrected chi connectivity index (χ1v) is 10.1. The van der Waals surface area contributed by atoms with Gasteiger partial charge in [-0.05, 0) is 37.2 Å². The molecule has 0 radical (unpaired) electrons. The minimum Gasteiger partial charge on any atom is -0.338 e. The van der Waals surface area contributed by atoms with Gasteiger partial charge in [0.15, 0.2) is 9.84 Å². The lowest BCUT2D eigenvalue weighted by Gasteiger charge is -2.26. The molecule has 23 heavy (non-hydrogen) atoms. The van der Waals surface area contributed by atoms with Gasteiger partial charge in [-0.15, -0.1) is 0 Å². The summed E-state index contributed by atoms with van der Waals surface area (Å²) in [5, 5.41) is 2.99. The predicted molar refractivity (Wildman–Crippen MR) is 90.1 cm³/mol. The molecule has 5 nitrogen and oxygen atoms in total. The summed E-state index contributed by atoms with van der Waals surface area (Å²) in [6, 6.07) is 10.2. The fourth-order valence-corrected chi connectivity index (χ4v) is 4.65. The molecule has 0 aromatic heterocycles. The molecule has 2 fully saturated rings. The summed E-state index contributed by atoms with van der Waals surface area (Å²) in [7, 11) is -3.00. The lowest BCUT2D eigenvalue weighted by molar-refractivity contribution is 0.182. The number of rotatable bonds is 3. The Morgan fingerprint density at radius 3 is 2.74 bits per heavy atom. The molecular formula is C17H24N2O3S. The van der Waals surface area contributed by atoms with Crippen LogP contribution in [0.4, 0.5) is 4.79 Å². The maximum atomic E-state index is 12.4. The Bertz CT molecular complexity index is 660. The molecule has 1 aliphatic heterocycles. The summed E-state index contributed by atoms with van der Waals surface area (Å²) in [6.07, 6.45) is 1.63. The van der Waals surface area contributed by atoms with Crippen LogP contribution < -0.4 is 5.32 Å². The van der Waals surface area contributed by atoms with Gasteiger partial charge in [0.25, 0.3) is 0 Å². The molecular weight excluding hydrogens is 312 g/mol. The lowest BCUT2D eigenvalue weighted by Crippen LogP contribution is -2.46. The molecule has 1 aromatic rings. The van der Waals surface area contributed by atoms with E-state index in [9.17, 15) is 13.2 Å². The number of amides is 2. The lowest BCUT2D eigenvalue weighted by atomic mass is 10.1. The molecule has 0 bridgehead atoms. The maximum Gasteiger partial charge on any atom is 0.317 e. The van der Waals surface area contributed by atoms with E-state index in [1.807, 2.05) is 25.1 Å². The van der Waals surface area contributed by atoms with Crippen molar-refractivity contribution >= 4 is 15.9 Å². The van der Waals surface area contributed by atoms with E-state index in [0.717, 1.165) is 6.42 Å². The van der Waals surface area contributed by atoms with E-state index >= 15 is 0 Å². The Labute approximate surface area is 138 Å². The molecule has 2 aliphatic rings. The second kappa shape index (κ2) is 6.51. The van der Waals surface area contributed by atoms with Crippen molar-refractivity contribution in [3.05, 3.63) is 35.9 Å². The standard InChI is InChI=1S/C17H24N2O3S/c1-13-7-9-23(21,22)10-8-19(13)17(20)18-12-15-11-16(15)14-5-3-2-4-6-14/h2-6,13,15-16H,7-12H2,1H3,(H,18,20)/t13?,15-,16-/m0/s1. The van der Waals surface area contributed by atoms with Crippen molar-refractivity contribution in [1.82, 2.24) is 10.2 Å². The Balaban J connectivity index is 1.50. The minimum absolute atomic E-state index is 0.0311. The normalized spacial score (nSPS) is 29.6. The van der Waals surface area contributed by atoms with Crippen LogP contribution >= 0.6 is 0 Å². The van der Waals surface area contributed by atoms with Crippen molar-refractivity contribution in [2.75, 3.05) is 24.6 Å². The zero-order chi connectivity index (χ0) is 16.4. The van der Waals surface area contributed by atoms with Crippen LogP contribution in [-0.2, 0) is 9.84 Å². The van der Waals surface area contributed by atoms with E-state index in [1.165, 1.54) is 5.56 Å². The zero-order valence-electron chi connectivity index (χ0n) is 13.4. The van der Waals surface area contributed by atoms with Crippen molar-refractivity contribution in [1.29, 1.82) is 0 Å². The third kappa shape index (κ3) is 4.05. The summed E-state index contributed by atoms with van der Waals surface area (Å²) in [5.74, 6) is 1.28. The van der Waals surface area contributed by atoms with Crippen LogP contribution in [0.1, 0.15) is 31.2 Å². The van der Waals surface area contributed by atoms with Crippen molar-refractivity contribution in [3.8, 4) is 0 Å². The Hall–Kier alpha value is -1.56. The number of carbonyl (C=O) groups is 1. The molecule has 3 atom stereocenters. The summed E-state index contributed by atoms with van der Waals surface area (Å²) in [5.41, 5.74) is 1.33. The molecule has 3 rings (SSSR count). The number of nitrogens with zero attached hydrogens (tertiary/aromatic N) is 1. The van der Waals surface area contributed by atoms with Gasteiger partial charge in [0, 0.05) is 19.1 Å². The third-order valence-corrected chi connectivity index (χ3v) is 6.61. The molecule has 2 amide bonds. The van der Waals surface area contributed by atoms with Crippen LogP contribution in [-0.4, -0.2) is 50.0 Å². The maximum absolute atomic E-state index is 12.4. The SMILES string of the molecule is CC1CCS(=O)(=O)CCN1C(=O)NC[C@@H]1C[C@H]1c1ccccc1. The Morgan fingerprint density at radius 1 is 1.26 bits per heavy atom. The largest absolute Gasteiger partial charge is 0.338 e. The number of nitrogens with one attached hydrogen (secondary N) is 1. The minimum atomic E-state index is -3.00. The van der Waals surface area contributed by atoms with E-state index in [4.69, 9.17) is 0 Å². The molecule has 126 valence electrons. The molecule has 1 N–H and O–H groups in total. The van der Waals surface area contributed by atoms with Crippen LogP contribution in [0.3, 0.4) is 0 Å². The highest BCUT2D eigenvalue weighted by Gasteiger charge is 2.38. The number of urea groups is 1. The van der Waals surface area contributed by atoms with Crippen LogP contribution in [0.15, 0.2) is 30.3 Å². The smallest absolute Gasteiger partial charge is 0.317 e. The van der Waals surface area contributed by atoms with E-state index in [-0.39, 0.29) is 23.6 Å². The third-order valence-electron chi connectivity index (χ3n) is 4.95. The van der Waals surface area contributed by atoms with Crippen molar-refractivity contribution in [2.24, 2.45) is 5.92 Å². The van der Waals surface area contributed by atoms with Gasteiger partial charge >= 0.3 is 6.03 Å². The number of sulfone groups is 1. The number of hydrogen-bond acceptors (Lipinski definition) is 3. The molecule has 6 heteroatoms. The Kier molecular flexibility index (Phi) is 4.62. The first-order valence-electron chi connectivity index (χ1n) is 8.26. The van der Waals surface area contributed by atoms with E-state index < -0.39 is 9.84 Å². The van der Waals surface area contributed by atoms with Gasteiger partial charge in [-0.2, -0.15) is 0 Å². The molecule has 1 aromatic carbocycles. The highest BCUT2D eigenvalue weighted by atomic mass is 32.2. The van der Waals surface area contributed by atoms with Gasteiger partial charge in [-0.1, -0.05) is 30.3 Å². The average molecular weight is 336 g/mol. The van der Waals surface area contributed by atoms with E-state index in [0.29, 0.717) is 31.3 Å². The van der Waals surface area contributed by atoms with E-state index in [1.54, 1.807) is 4.90 Å². The van der Waals surface area contributed by atoms with Crippen molar-refractivity contribution in [2.45, 2.75) is 31.7 Å². The quantitative estimate of drug-likeness (QED) is 0.918. The summed E-state index contributed by atoms with van der Waals surface area (Å²) in [6.45, 7) is 2.88. The molecule has 1 saturated carbocycles. The second-order valence-corrected chi connectivity index (χ2v) is 8.99. The average Bonchev–Trinajstić information content (AvgIpc) is 3.32. The predicted octanol–water partition coefficient (Wildman–Crippen LogP) is 2.01. The highest BCUT2D eigenvalue weighted by molar-refractivity contribution is 7.91. The van der Waals surface area contributed by atoms with Crippen LogP contribution in [0, 0.1) is 5.92 Å². The topological polar surface area (TPSA) is 66.5 Å². The number of hydrogen-bond donors (Lipinski definition) is 1. The molecule has 1 heterocycles. The first kappa shape index (κ1) is 16.3. The van der Waals surface area contributed by atoms with Gasteiger partial charge in [-0.3, -0.25) is 0 Å². The van der Waals surface area contributed by atoms with E-state index in [2.05, 4.69) is 17.4 Å². The first-order chi connectivity index (χ1) is 11.0. The molecule has 1 saturated heterocycles. The van der Waals surface area contributed by atoms with Crippen LogP contribution in [0.25, 0.3) is 0 Å². The number of benzene rings is 1. The highest BCUT2D eigenvalue weighted by Crippen LogP contribution is 2.46.